The Morgan fingerprint density at radius 3 is 2.37 bits per heavy atom. The smallest absolute Gasteiger partial charge is 0.329 e. The van der Waals surface area contributed by atoms with Crippen molar-refractivity contribution in [2.45, 2.75) is 166 Å². The van der Waals surface area contributed by atoms with E-state index >= 15 is 0 Å². The van der Waals surface area contributed by atoms with Gasteiger partial charge in [-0.25, -0.2) is 4.79 Å². The second-order valence-corrected chi connectivity index (χ2v) is 20.1. The van der Waals surface area contributed by atoms with Crippen molar-refractivity contribution in [3.8, 4) is 5.75 Å². The number of amides is 1. The Labute approximate surface area is 401 Å². The summed E-state index contributed by atoms with van der Waals surface area (Å²) >= 11 is 0. The van der Waals surface area contributed by atoms with Gasteiger partial charge < -0.3 is 53.6 Å². The van der Waals surface area contributed by atoms with Crippen molar-refractivity contribution < 1.29 is 63.3 Å². The van der Waals surface area contributed by atoms with Crippen LogP contribution < -0.4 is 4.74 Å². The highest BCUT2D eigenvalue weighted by atomic mass is 16.7. The first-order valence-corrected chi connectivity index (χ1v) is 24.7. The lowest BCUT2D eigenvalue weighted by molar-refractivity contribution is -0.302. The van der Waals surface area contributed by atoms with Gasteiger partial charge in [-0.1, -0.05) is 44.6 Å². The zero-order chi connectivity index (χ0) is 49.4. The summed E-state index contributed by atoms with van der Waals surface area (Å²) in [5, 5.41) is 45.8. The molecule has 2 aromatic rings. The van der Waals surface area contributed by atoms with Gasteiger partial charge in [0.25, 0.3) is 11.7 Å². The summed E-state index contributed by atoms with van der Waals surface area (Å²) in [5.41, 5.74) is 2.52. The molecular formula is C53H76N2O13. The van der Waals surface area contributed by atoms with E-state index in [0.717, 1.165) is 16.5 Å². The zero-order valence-electron chi connectivity index (χ0n) is 41.1. The fourth-order valence-electron chi connectivity index (χ4n) is 11.0. The number of cyclic esters (lactones) is 1. The number of carbonyl (C=O) groups excluding carboxylic acids is 4. The number of ketones is 2. The summed E-state index contributed by atoms with van der Waals surface area (Å²) in [5.74, 6) is -7.49. The van der Waals surface area contributed by atoms with E-state index < -0.39 is 90.0 Å². The molecule has 4 aliphatic rings. The van der Waals surface area contributed by atoms with Crippen LogP contribution in [0.4, 0.5) is 0 Å². The van der Waals surface area contributed by atoms with Gasteiger partial charge in [0.15, 0.2) is 0 Å². The highest BCUT2D eigenvalue weighted by Gasteiger charge is 2.56. The molecule has 15 heteroatoms. The number of aliphatic hydroxyl groups is 4. The van der Waals surface area contributed by atoms with Gasteiger partial charge in [-0.3, -0.25) is 14.4 Å². The second kappa shape index (κ2) is 23.6. The number of carbonyl (C=O) groups is 4. The lowest BCUT2D eigenvalue weighted by Crippen LogP contribution is -2.64. The minimum Gasteiger partial charge on any atom is -0.488 e. The van der Waals surface area contributed by atoms with Crippen LogP contribution in [0.1, 0.15) is 105 Å². The number of methoxy groups -OCH3 is 2. The third-order valence-corrected chi connectivity index (χ3v) is 14.9. The van der Waals surface area contributed by atoms with Gasteiger partial charge in [0.1, 0.15) is 35.9 Å². The summed E-state index contributed by atoms with van der Waals surface area (Å²) in [6, 6.07) is 6.49. The van der Waals surface area contributed by atoms with Crippen molar-refractivity contribution in [2.75, 3.05) is 27.4 Å². The number of piperidine rings is 1. The summed E-state index contributed by atoms with van der Waals surface area (Å²) in [4.78, 5) is 58.5. The number of nitrogens with zero attached hydrogens (tertiary/aromatic N) is 2. The molecule has 3 aliphatic heterocycles. The molecule has 14 unspecified atom stereocenters. The Hall–Kier alpha value is -4.22. The van der Waals surface area contributed by atoms with Crippen LogP contribution in [0.3, 0.4) is 0 Å². The summed E-state index contributed by atoms with van der Waals surface area (Å²) < 4.78 is 32.7. The quantitative estimate of drug-likeness (QED) is 0.123. The lowest BCUT2D eigenvalue weighted by atomic mass is 9.81. The van der Waals surface area contributed by atoms with Gasteiger partial charge in [-0.15, -0.1) is 6.58 Å². The van der Waals surface area contributed by atoms with E-state index in [1.165, 1.54) is 19.1 Å². The predicted octanol–water partition coefficient (Wildman–Crippen LogP) is 6.02. The third kappa shape index (κ3) is 12.2. The first-order chi connectivity index (χ1) is 32.4. The van der Waals surface area contributed by atoms with Crippen LogP contribution in [0, 0.1) is 29.6 Å². The third-order valence-electron chi connectivity index (χ3n) is 14.9. The van der Waals surface area contributed by atoms with Gasteiger partial charge >= 0.3 is 5.97 Å². The maximum absolute atomic E-state index is 14.5. The number of aliphatic hydroxyl groups excluding tert-OH is 3. The van der Waals surface area contributed by atoms with Crippen LogP contribution >= 0.6 is 0 Å². The van der Waals surface area contributed by atoms with Crippen LogP contribution in [0.5, 0.6) is 5.75 Å². The van der Waals surface area contributed by atoms with Crippen molar-refractivity contribution >= 4 is 34.3 Å². The minimum atomic E-state index is -2.54. The highest BCUT2D eigenvalue weighted by Crippen LogP contribution is 2.40. The molecule has 0 radical (unpaired) electrons. The molecule has 15 nitrogen and oxygen atoms in total. The van der Waals surface area contributed by atoms with E-state index in [-0.39, 0.29) is 50.0 Å². The van der Waals surface area contributed by atoms with Gasteiger partial charge in [-0.2, -0.15) is 0 Å². The number of ether oxygens (including phenoxy) is 5. The molecule has 1 aromatic heterocycles. The lowest BCUT2D eigenvalue weighted by Gasteiger charge is -2.47. The summed E-state index contributed by atoms with van der Waals surface area (Å²) in [6.45, 7) is 13.6. The van der Waals surface area contributed by atoms with E-state index in [9.17, 15) is 39.6 Å². The Bertz CT molecular complexity index is 2150. The van der Waals surface area contributed by atoms with E-state index in [4.69, 9.17) is 23.7 Å². The van der Waals surface area contributed by atoms with Crippen LogP contribution in [0.2, 0.25) is 0 Å². The maximum atomic E-state index is 14.5. The fraction of sp³-hybridized carbons (Fsp3) is 0.660. The molecule has 1 amide bonds. The number of hydrogen-bond acceptors (Lipinski definition) is 13. The molecule has 3 fully saturated rings. The molecule has 4 N–H and O–H groups in total. The van der Waals surface area contributed by atoms with E-state index in [2.05, 4.69) is 6.58 Å². The van der Waals surface area contributed by atoms with Crippen molar-refractivity contribution in [1.82, 2.24) is 9.47 Å². The molecule has 2 bridgehead atoms. The average Bonchev–Trinajstić information content (AvgIpc) is 3.71. The first kappa shape index (κ1) is 53.1. The largest absolute Gasteiger partial charge is 0.488 e. The Balaban J connectivity index is 1.29. The van der Waals surface area contributed by atoms with Gasteiger partial charge in [0.05, 0.1) is 31.0 Å². The summed E-state index contributed by atoms with van der Waals surface area (Å²) in [6.07, 6.45) is 5.93. The van der Waals surface area contributed by atoms with Crippen molar-refractivity contribution in [3.63, 3.8) is 0 Å². The SMILES string of the molecule is C=CCC1C=C(C)CC(C)CC(OC)C2OC(O)(C(=O)C(=O)N3CCCCC3C(=O)OC(C(C)=CC3CCC(Oc4ccc5c(ccn5CCO)c4)C(O)C3)C(C)C(O)CC1=O)C(C)CC2OC. The predicted molar refractivity (Wildman–Crippen MR) is 255 cm³/mol. The van der Waals surface area contributed by atoms with Crippen molar-refractivity contribution in [1.29, 1.82) is 0 Å². The molecule has 2 saturated heterocycles. The molecule has 4 heterocycles. The van der Waals surface area contributed by atoms with Gasteiger partial charge in [0, 0.05) is 68.6 Å². The highest BCUT2D eigenvalue weighted by molar-refractivity contribution is 6.39. The van der Waals surface area contributed by atoms with E-state index in [1.807, 2.05) is 61.0 Å². The number of benzene rings is 1. The molecule has 68 heavy (non-hydrogen) atoms. The van der Waals surface area contributed by atoms with E-state index in [0.29, 0.717) is 69.2 Å². The molecule has 1 aromatic carbocycles. The zero-order valence-corrected chi connectivity index (χ0v) is 41.1. The number of allylic oxidation sites excluding steroid dienone is 4. The van der Waals surface area contributed by atoms with Crippen LogP contribution in [-0.2, 0) is 44.7 Å². The van der Waals surface area contributed by atoms with Crippen molar-refractivity contribution in [3.05, 3.63) is 66.4 Å². The topological polar surface area (TPSA) is 204 Å². The monoisotopic (exact) mass is 949 g/mol. The van der Waals surface area contributed by atoms with Crippen molar-refractivity contribution in [2.24, 2.45) is 29.6 Å². The Morgan fingerprint density at radius 1 is 0.941 bits per heavy atom. The number of rotatable bonds is 10. The first-order valence-electron chi connectivity index (χ1n) is 24.7. The second-order valence-electron chi connectivity index (χ2n) is 20.1. The standard InChI is InChI=1S/C53H76N2O13/c1-9-12-38-24-31(2)23-32(3)25-46(64-7)49-47(65-8)27-34(5)53(63,68-49)50(60)51(61)55-19-11-10-13-41(55)52(62)67-48(35(6)42(57)30-43(38)58)33(4)26-36-14-17-45(44(59)28-36)66-39-15-16-40-37(29-39)18-20-54(40)21-22-56/h9,15-16,18,20,24,26,29,32,34-36,38,41-42,44-49,56-57,59,63H,1,10-14,17,19,21-23,25,27-28,30H2,2-8H3. The number of hydrogen-bond donors (Lipinski definition) is 4. The van der Waals surface area contributed by atoms with Crippen LogP contribution in [0.15, 0.2) is 66.4 Å². The molecule has 14 atom stereocenters. The average molecular weight is 949 g/mol. The minimum absolute atomic E-state index is 0.00924. The fourth-order valence-corrected chi connectivity index (χ4v) is 11.0. The maximum Gasteiger partial charge on any atom is 0.329 e. The molecule has 376 valence electrons. The molecular weight excluding hydrogens is 873 g/mol. The van der Waals surface area contributed by atoms with Gasteiger partial charge in [0.2, 0.25) is 5.79 Å². The van der Waals surface area contributed by atoms with Crippen LogP contribution in [-0.4, -0.2) is 135 Å². The Kier molecular flexibility index (Phi) is 18.4. The van der Waals surface area contributed by atoms with Gasteiger partial charge in [-0.05, 0) is 120 Å². The number of fused-ring (bicyclic) bond motifs is 4. The number of aromatic nitrogens is 1. The molecule has 1 saturated carbocycles. The van der Waals surface area contributed by atoms with E-state index in [1.54, 1.807) is 26.8 Å². The number of Topliss-reactive ketones (excluding diaryl/α,β-unsaturated/α-hetero) is 2. The summed E-state index contributed by atoms with van der Waals surface area (Å²) in [7, 11) is 3.05. The molecule has 1 aliphatic carbocycles. The number of esters is 1. The normalized spacial score (nSPS) is 35.5. The molecule has 0 spiro atoms. The Morgan fingerprint density at radius 2 is 1.68 bits per heavy atom. The molecule has 6 rings (SSSR count). The van der Waals surface area contributed by atoms with Crippen LogP contribution in [0.25, 0.3) is 10.9 Å².